The summed E-state index contributed by atoms with van der Waals surface area (Å²) >= 11 is 0. The standard InChI is InChI=1S/C26H40N4O2/c1-19(2)16-29(17-22-8-5-4-7-20(22)3)23-15-24(30(18-23)25(31)21-9-10-21)26(32)28-13-6-11-27-12-14-28/h4-5,7-8,19,21,23-24,27H,6,9-18H2,1-3H3. The normalized spacial score (nSPS) is 24.3. The first kappa shape index (κ1) is 23.2. The summed E-state index contributed by atoms with van der Waals surface area (Å²) in [7, 11) is 0. The molecule has 2 aliphatic heterocycles. The minimum atomic E-state index is -0.308. The Bertz CT molecular complexity index is 799. The molecule has 6 nitrogen and oxygen atoms in total. The van der Waals surface area contributed by atoms with Crippen molar-refractivity contribution in [2.75, 3.05) is 39.3 Å². The van der Waals surface area contributed by atoms with Gasteiger partial charge >= 0.3 is 0 Å². The number of aryl methyl sites for hydroxylation is 1. The van der Waals surface area contributed by atoms with Crippen molar-refractivity contribution in [3.8, 4) is 0 Å². The molecule has 1 saturated carbocycles. The Morgan fingerprint density at radius 2 is 1.91 bits per heavy atom. The molecule has 2 saturated heterocycles. The number of rotatable bonds is 7. The third-order valence-electron chi connectivity index (χ3n) is 7.18. The van der Waals surface area contributed by atoms with Gasteiger partial charge in [-0.1, -0.05) is 38.1 Å². The molecule has 3 fully saturated rings. The highest BCUT2D eigenvalue weighted by atomic mass is 16.2. The number of likely N-dealkylation sites (tertiary alicyclic amines) is 1. The van der Waals surface area contributed by atoms with Gasteiger partial charge in [-0.25, -0.2) is 0 Å². The highest BCUT2D eigenvalue weighted by Crippen LogP contribution is 2.35. The second-order valence-electron chi connectivity index (χ2n) is 10.3. The van der Waals surface area contributed by atoms with E-state index in [2.05, 4.69) is 55.3 Å². The summed E-state index contributed by atoms with van der Waals surface area (Å²) < 4.78 is 0. The first-order valence-corrected chi connectivity index (χ1v) is 12.5. The molecule has 2 atom stereocenters. The van der Waals surface area contributed by atoms with Gasteiger partial charge in [0.1, 0.15) is 6.04 Å². The van der Waals surface area contributed by atoms with Crippen LogP contribution in [0.25, 0.3) is 0 Å². The first-order valence-electron chi connectivity index (χ1n) is 12.5. The fourth-order valence-electron chi connectivity index (χ4n) is 5.22. The van der Waals surface area contributed by atoms with E-state index in [1.807, 2.05) is 9.80 Å². The quantitative estimate of drug-likeness (QED) is 0.708. The number of benzene rings is 1. The van der Waals surface area contributed by atoms with E-state index in [1.54, 1.807) is 0 Å². The number of hydrogen-bond acceptors (Lipinski definition) is 4. The van der Waals surface area contributed by atoms with Gasteiger partial charge in [0.25, 0.3) is 0 Å². The van der Waals surface area contributed by atoms with E-state index >= 15 is 0 Å². The van der Waals surface area contributed by atoms with Crippen molar-refractivity contribution in [3.05, 3.63) is 35.4 Å². The second kappa shape index (κ2) is 10.3. The van der Waals surface area contributed by atoms with Gasteiger partial charge in [-0.3, -0.25) is 14.5 Å². The van der Waals surface area contributed by atoms with E-state index in [-0.39, 0.29) is 29.8 Å². The van der Waals surface area contributed by atoms with Crippen molar-refractivity contribution < 1.29 is 9.59 Å². The molecule has 2 heterocycles. The number of carbonyl (C=O) groups excluding carboxylic acids is 2. The van der Waals surface area contributed by atoms with Gasteiger partial charge in [-0.15, -0.1) is 0 Å². The van der Waals surface area contributed by atoms with Crippen LogP contribution >= 0.6 is 0 Å². The van der Waals surface area contributed by atoms with Gasteiger partial charge in [-0.05, 0) is 56.2 Å². The molecule has 0 aromatic heterocycles. The molecule has 0 spiro atoms. The molecule has 2 unspecified atom stereocenters. The van der Waals surface area contributed by atoms with Gasteiger partial charge in [0, 0.05) is 51.2 Å². The SMILES string of the molecule is Cc1ccccc1CN(CC(C)C)C1CC(C(=O)N2CCCNCC2)N(C(=O)C2CC2)C1. The molecule has 6 heteroatoms. The highest BCUT2D eigenvalue weighted by molar-refractivity contribution is 5.90. The number of carbonyl (C=O) groups is 2. The second-order valence-corrected chi connectivity index (χ2v) is 10.3. The van der Waals surface area contributed by atoms with Crippen LogP contribution in [0.4, 0.5) is 0 Å². The average Bonchev–Trinajstić information content (AvgIpc) is 3.57. The predicted octanol–water partition coefficient (Wildman–Crippen LogP) is 2.65. The van der Waals surface area contributed by atoms with E-state index in [9.17, 15) is 9.59 Å². The number of hydrogen-bond donors (Lipinski definition) is 1. The van der Waals surface area contributed by atoms with Crippen LogP contribution in [0.1, 0.15) is 50.7 Å². The Labute approximate surface area is 193 Å². The highest BCUT2D eigenvalue weighted by Gasteiger charge is 2.46. The lowest BCUT2D eigenvalue weighted by Gasteiger charge is -2.31. The van der Waals surface area contributed by atoms with Crippen LogP contribution in [0.5, 0.6) is 0 Å². The van der Waals surface area contributed by atoms with Crippen LogP contribution in [-0.2, 0) is 16.1 Å². The Balaban J connectivity index is 1.54. The third kappa shape index (κ3) is 5.52. The molecule has 3 aliphatic rings. The molecule has 1 aliphatic carbocycles. The maximum atomic E-state index is 13.6. The Hall–Kier alpha value is -1.92. The molecule has 176 valence electrons. The number of nitrogens with zero attached hydrogens (tertiary/aromatic N) is 3. The summed E-state index contributed by atoms with van der Waals surface area (Å²) in [5, 5.41) is 3.38. The fourth-order valence-corrected chi connectivity index (χ4v) is 5.22. The van der Waals surface area contributed by atoms with E-state index < -0.39 is 0 Å². The van der Waals surface area contributed by atoms with Crippen molar-refractivity contribution in [1.82, 2.24) is 20.0 Å². The lowest BCUT2D eigenvalue weighted by molar-refractivity contribution is -0.144. The molecule has 32 heavy (non-hydrogen) atoms. The van der Waals surface area contributed by atoms with Crippen LogP contribution in [0.3, 0.4) is 0 Å². The molecular weight excluding hydrogens is 400 g/mol. The van der Waals surface area contributed by atoms with Crippen molar-refractivity contribution in [2.45, 2.75) is 65.1 Å². The Morgan fingerprint density at radius 3 is 2.62 bits per heavy atom. The van der Waals surface area contributed by atoms with Crippen LogP contribution in [0.2, 0.25) is 0 Å². The maximum absolute atomic E-state index is 13.6. The molecule has 2 amide bonds. The summed E-state index contributed by atoms with van der Waals surface area (Å²) in [5.74, 6) is 1.03. The van der Waals surface area contributed by atoms with Gasteiger partial charge in [0.2, 0.25) is 11.8 Å². The largest absolute Gasteiger partial charge is 0.340 e. The van der Waals surface area contributed by atoms with E-state index in [0.717, 1.165) is 65.0 Å². The summed E-state index contributed by atoms with van der Waals surface area (Å²) in [6, 6.07) is 8.48. The first-order chi connectivity index (χ1) is 15.4. The summed E-state index contributed by atoms with van der Waals surface area (Å²) in [5.41, 5.74) is 2.64. The van der Waals surface area contributed by atoms with E-state index in [4.69, 9.17) is 0 Å². The lowest BCUT2D eigenvalue weighted by atomic mass is 10.0. The van der Waals surface area contributed by atoms with E-state index in [1.165, 1.54) is 11.1 Å². The van der Waals surface area contributed by atoms with Crippen molar-refractivity contribution in [3.63, 3.8) is 0 Å². The topological polar surface area (TPSA) is 55.9 Å². The van der Waals surface area contributed by atoms with Crippen molar-refractivity contribution in [2.24, 2.45) is 11.8 Å². The Morgan fingerprint density at radius 1 is 1.12 bits per heavy atom. The van der Waals surface area contributed by atoms with Crippen LogP contribution in [0, 0.1) is 18.8 Å². The summed E-state index contributed by atoms with van der Waals surface area (Å²) in [6.45, 7) is 12.5. The molecular formula is C26H40N4O2. The average molecular weight is 441 g/mol. The van der Waals surface area contributed by atoms with Gasteiger partial charge in [0.05, 0.1) is 0 Å². The van der Waals surface area contributed by atoms with Crippen LogP contribution < -0.4 is 5.32 Å². The monoisotopic (exact) mass is 440 g/mol. The molecule has 0 radical (unpaired) electrons. The lowest BCUT2D eigenvalue weighted by Crippen LogP contribution is -2.49. The van der Waals surface area contributed by atoms with Crippen LogP contribution in [-0.4, -0.2) is 77.9 Å². The third-order valence-corrected chi connectivity index (χ3v) is 7.18. The zero-order valence-corrected chi connectivity index (χ0v) is 20.1. The number of amides is 2. The Kier molecular flexibility index (Phi) is 7.51. The minimum Gasteiger partial charge on any atom is -0.340 e. The zero-order chi connectivity index (χ0) is 22.7. The molecule has 0 bridgehead atoms. The molecule has 1 N–H and O–H groups in total. The molecule has 1 aromatic carbocycles. The van der Waals surface area contributed by atoms with Gasteiger partial charge in [0.15, 0.2) is 0 Å². The summed E-state index contributed by atoms with van der Waals surface area (Å²) in [6.07, 6.45) is 3.69. The minimum absolute atomic E-state index is 0.143. The molecule has 4 rings (SSSR count). The van der Waals surface area contributed by atoms with Crippen molar-refractivity contribution in [1.29, 1.82) is 0 Å². The zero-order valence-electron chi connectivity index (χ0n) is 20.1. The smallest absolute Gasteiger partial charge is 0.245 e. The van der Waals surface area contributed by atoms with Gasteiger partial charge in [-0.2, -0.15) is 0 Å². The number of nitrogens with one attached hydrogen (secondary N) is 1. The summed E-state index contributed by atoms with van der Waals surface area (Å²) in [4.78, 5) is 33.3. The van der Waals surface area contributed by atoms with Crippen LogP contribution in [0.15, 0.2) is 24.3 Å². The van der Waals surface area contributed by atoms with Gasteiger partial charge < -0.3 is 15.1 Å². The van der Waals surface area contributed by atoms with Crippen molar-refractivity contribution >= 4 is 11.8 Å². The van der Waals surface area contributed by atoms with E-state index in [0.29, 0.717) is 12.5 Å². The fraction of sp³-hybridized carbons (Fsp3) is 0.692. The maximum Gasteiger partial charge on any atom is 0.245 e. The molecule has 1 aromatic rings. The predicted molar refractivity (Wildman–Crippen MR) is 127 cm³/mol.